The fourth-order valence-electron chi connectivity index (χ4n) is 10.7. The van der Waals surface area contributed by atoms with E-state index < -0.39 is 46.7 Å². The Labute approximate surface area is 407 Å². The zero-order valence-electron chi connectivity index (χ0n) is 38.9. The van der Waals surface area contributed by atoms with Crippen LogP contribution in [0.25, 0.3) is 85.4 Å². The molecule has 4 aliphatic heterocycles. The monoisotopic (exact) mass is 937 g/mol. The summed E-state index contributed by atoms with van der Waals surface area (Å²) in [6, 6.07) is 43.2. The Morgan fingerprint density at radius 3 is 1.37 bits per heavy atom. The van der Waals surface area contributed by atoms with E-state index in [0.717, 1.165) is 53.1 Å². The van der Waals surface area contributed by atoms with E-state index >= 15 is 4.79 Å². The fraction of sp³-hybridized carbons (Fsp3) is 0.121. The van der Waals surface area contributed by atoms with Crippen molar-refractivity contribution in [3.05, 3.63) is 185 Å². The number of carbonyl (C=O) groups is 4. The number of carbonyl (C=O) groups excluding carboxylic acids is 4. The standard InChI is InChI=1S/C58H43N5O8/c1-68-54(64)47-48(55(65)69-2)50(57(67)71-4)58-36(31-59-52(58)49(47)56(66)70-3)51-45(34-21-13-7-14-22-34)41-29-27-39(61-41)43(32-17-9-5-10-18-32)37-25-26-38(60-37)44(33-19-11-6-12-20-33)40-28-30-42(62-40)46(53(58)63-51)35-23-15-8-16-24-35/h5-31,47,49,60,63H,1-4H3. The van der Waals surface area contributed by atoms with Crippen LogP contribution in [0.4, 0.5) is 0 Å². The molecule has 13 heteroatoms. The maximum absolute atomic E-state index is 15.2. The Morgan fingerprint density at radius 2 is 0.901 bits per heavy atom. The first-order chi connectivity index (χ1) is 34.7. The van der Waals surface area contributed by atoms with E-state index in [1.165, 1.54) is 14.2 Å². The number of H-pyrrole nitrogens is 2. The third-order valence-corrected chi connectivity index (χ3v) is 13.6. The van der Waals surface area contributed by atoms with Crippen LogP contribution in [0.15, 0.2) is 156 Å². The lowest BCUT2D eigenvalue weighted by atomic mass is 9.56. The van der Waals surface area contributed by atoms with Crippen LogP contribution in [0.3, 0.4) is 0 Å². The van der Waals surface area contributed by atoms with Gasteiger partial charge in [-0.15, -0.1) is 0 Å². The van der Waals surface area contributed by atoms with Gasteiger partial charge < -0.3 is 28.9 Å². The molecule has 2 aromatic heterocycles. The number of hydrogen-bond donors (Lipinski definition) is 2. The number of aromatic amines is 2. The molecule has 8 bridgehead atoms. The molecule has 3 atom stereocenters. The summed E-state index contributed by atoms with van der Waals surface area (Å²) in [5.41, 5.74) is 8.14. The van der Waals surface area contributed by atoms with Crippen molar-refractivity contribution in [1.29, 1.82) is 0 Å². The molecule has 6 aromatic rings. The summed E-state index contributed by atoms with van der Waals surface area (Å²) >= 11 is 0. The summed E-state index contributed by atoms with van der Waals surface area (Å²) in [5.74, 6) is -7.35. The van der Waals surface area contributed by atoms with E-state index in [9.17, 15) is 14.4 Å². The second kappa shape index (κ2) is 17.7. The molecule has 71 heavy (non-hydrogen) atoms. The Morgan fingerprint density at radius 1 is 0.479 bits per heavy atom. The molecule has 0 saturated heterocycles. The molecule has 0 fully saturated rings. The number of allylic oxidation sites excluding steroid dienone is 1. The van der Waals surface area contributed by atoms with Crippen LogP contribution in [-0.2, 0) is 43.5 Å². The zero-order chi connectivity index (χ0) is 49.0. The highest BCUT2D eigenvalue weighted by Crippen LogP contribution is 2.61. The van der Waals surface area contributed by atoms with Crippen molar-refractivity contribution < 1.29 is 38.1 Å². The molecule has 2 N–H and O–H groups in total. The molecular formula is C58H43N5O8. The third-order valence-electron chi connectivity index (χ3n) is 13.6. The number of fused-ring (bicyclic) bond motifs is 9. The molecule has 11 rings (SSSR count). The number of esters is 4. The van der Waals surface area contributed by atoms with Gasteiger partial charge in [0, 0.05) is 50.8 Å². The maximum atomic E-state index is 15.2. The lowest BCUT2D eigenvalue weighted by Gasteiger charge is -2.42. The van der Waals surface area contributed by atoms with Gasteiger partial charge >= 0.3 is 23.9 Å². The highest BCUT2D eigenvalue weighted by Gasteiger charge is 2.67. The van der Waals surface area contributed by atoms with Crippen LogP contribution in [0, 0.1) is 11.8 Å². The molecule has 6 heterocycles. The second-order valence-corrected chi connectivity index (χ2v) is 17.1. The average molecular weight is 938 g/mol. The minimum Gasteiger partial charge on any atom is -0.469 e. The zero-order valence-corrected chi connectivity index (χ0v) is 38.9. The number of aliphatic imine (C=N–C) groups is 1. The van der Waals surface area contributed by atoms with Gasteiger partial charge in [-0.1, -0.05) is 121 Å². The maximum Gasteiger partial charge on any atom is 0.336 e. The number of rotatable bonds is 8. The van der Waals surface area contributed by atoms with Crippen molar-refractivity contribution in [2.45, 2.75) is 5.41 Å². The number of methoxy groups -OCH3 is 4. The van der Waals surface area contributed by atoms with E-state index in [1.54, 1.807) is 6.20 Å². The highest BCUT2D eigenvalue weighted by atomic mass is 16.5. The van der Waals surface area contributed by atoms with Gasteiger partial charge in [-0.25, -0.2) is 19.6 Å². The van der Waals surface area contributed by atoms with Crippen molar-refractivity contribution in [3.63, 3.8) is 0 Å². The predicted molar refractivity (Wildman–Crippen MR) is 271 cm³/mol. The number of ether oxygens (including phenoxy) is 4. The van der Waals surface area contributed by atoms with E-state index in [2.05, 4.69) is 16.0 Å². The number of aromatic nitrogens is 4. The molecule has 0 radical (unpaired) electrons. The number of nitrogens with zero attached hydrogens (tertiary/aromatic N) is 3. The van der Waals surface area contributed by atoms with Crippen molar-refractivity contribution in [1.82, 2.24) is 19.9 Å². The quantitative estimate of drug-likeness (QED) is 0.110. The Bertz CT molecular complexity index is 3610. The van der Waals surface area contributed by atoms with E-state index in [-0.39, 0.29) is 17.0 Å². The molecule has 0 saturated carbocycles. The fourth-order valence-corrected chi connectivity index (χ4v) is 10.7. The minimum absolute atomic E-state index is 0.0110. The third kappa shape index (κ3) is 6.87. The van der Waals surface area contributed by atoms with Gasteiger partial charge in [-0.2, -0.15) is 0 Å². The van der Waals surface area contributed by atoms with E-state index in [0.29, 0.717) is 50.7 Å². The summed E-state index contributed by atoms with van der Waals surface area (Å²) in [5, 5.41) is 0. The van der Waals surface area contributed by atoms with Gasteiger partial charge in [-0.3, -0.25) is 14.6 Å². The van der Waals surface area contributed by atoms with E-state index in [4.69, 9.17) is 33.9 Å². The minimum atomic E-state index is -1.98. The lowest BCUT2D eigenvalue weighted by molar-refractivity contribution is -0.155. The van der Waals surface area contributed by atoms with Crippen molar-refractivity contribution in [2.24, 2.45) is 16.8 Å². The molecule has 5 aliphatic rings. The SMILES string of the molecule is COC(=O)C1=C(C(=O)OC)C23C(=CN=C2C(C(=O)OC)C1C(=O)OC)c1[nH]c3c(-c2ccccc2)c2nc(c(-c3ccccc3)c3ccc([nH]3)c(-c3ccccc3)c3nc(c1-c1ccccc1)C=C3)C=C2. The molecular weight excluding hydrogens is 895 g/mol. The van der Waals surface area contributed by atoms with Crippen LogP contribution in [0.5, 0.6) is 0 Å². The Kier molecular flexibility index (Phi) is 11.0. The van der Waals surface area contributed by atoms with Crippen molar-refractivity contribution in [3.8, 4) is 44.5 Å². The van der Waals surface area contributed by atoms with Crippen molar-refractivity contribution in [2.75, 3.05) is 28.4 Å². The molecule has 4 aromatic carbocycles. The molecule has 1 aliphatic carbocycles. The lowest BCUT2D eigenvalue weighted by Crippen LogP contribution is -2.55. The van der Waals surface area contributed by atoms with Gasteiger partial charge in [-0.05, 0) is 58.7 Å². The Balaban J connectivity index is 1.43. The molecule has 1 spiro atoms. The van der Waals surface area contributed by atoms with Gasteiger partial charge in [0.15, 0.2) is 0 Å². The van der Waals surface area contributed by atoms with Crippen LogP contribution in [0.1, 0.15) is 34.2 Å². The van der Waals surface area contributed by atoms with Gasteiger partial charge in [0.2, 0.25) is 0 Å². The summed E-state index contributed by atoms with van der Waals surface area (Å²) in [6.45, 7) is 0. The van der Waals surface area contributed by atoms with Crippen LogP contribution >= 0.6 is 0 Å². The molecule has 0 amide bonds. The smallest absolute Gasteiger partial charge is 0.336 e. The van der Waals surface area contributed by atoms with Gasteiger partial charge in [0.1, 0.15) is 17.3 Å². The van der Waals surface area contributed by atoms with Gasteiger partial charge in [0.05, 0.1) is 73.8 Å². The van der Waals surface area contributed by atoms with Gasteiger partial charge in [0.25, 0.3) is 0 Å². The molecule has 348 valence electrons. The largest absolute Gasteiger partial charge is 0.469 e. The van der Waals surface area contributed by atoms with Crippen LogP contribution in [0.2, 0.25) is 0 Å². The topological polar surface area (TPSA) is 175 Å². The first-order valence-corrected chi connectivity index (χ1v) is 22.8. The summed E-state index contributed by atoms with van der Waals surface area (Å²) < 4.78 is 21.9. The normalized spacial score (nSPS) is 17.9. The number of nitrogens with one attached hydrogen (secondary N) is 2. The molecule has 13 nitrogen and oxygen atoms in total. The van der Waals surface area contributed by atoms with Crippen LogP contribution < -0.4 is 0 Å². The summed E-state index contributed by atoms with van der Waals surface area (Å²) in [6.07, 6.45) is 9.31. The average Bonchev–Trinajstić information content (AvgIpc) is 4.29. The van der Waals surface area contributed by atoms with Crippen molar-refractivity contribution >= 4 is 70.5 Å². The summed E-state index contributed by atoms with van der Waals surface area (Å²) in [7, 11) is 4.62. The van der Waals surface area contributed by atoms with E-state index in [1.807, 2.05) is 152 Å². The second-order valence-electron chi connectivity index (χ2n) is 17.1. The number of benzene rings is 4. The van der Waals surface area contributed by atoms with Crippen LogP contribution in [-0.4, -0.2) is 78.0 Å². The molecule has 3 unspecified atom stereocenters. The first-order valence-electron chi connectivity index (χ1n) is 22.8. The predicted octanol–water partition coefficient (Wildman–Crippen LogP) is 10.0. The highest BCUT2D eigenvalue weighted by molar-refractivity contribution is 6.30. The summed E-state index contributed by atoms with van der Waals surface area (Å²) in [4.78, 5) is 82.1. The number of hydrogen-bond acceptors (Lipinski definition) is 11. The first kappa shape index (κ1) is 44.3. The Hall–Kier alpha value is -9.23.